The standard InChI is InChI=1S/C22H25ClFN5O4/c1-13(12-30)28(10-18(31)26-9-14-5-4-7-16(23)20(14)24)19(32)11-29-17-8-3-2-6-15(17)21(27-29)22(25)33/h2-8,13,18,26,30-31H,9-12H2,1H3,(H2,25,33). The van der Waals surface area contributed by atoms with Crippen LogP contribution in [0.25, 0.3) is 10.9 Å². The number of rotatable bonds is 10. The maximum atomic E-state index is 14.1. The van der Waals surface area contributed by atoms with E-state index >= 15 is 0 Å². The number of fused-ring (bicyclic) bond motifs is 1. The molecule has 0 saturated carbocycles. The summed E-state index contributed by atoms with van der Waals surface area (Å²) in [6.45, 7) is 0.846. The average molecular weight is 478 g/mol. The molecule has 0 aliphatic carbocycles. The summed E-state index contributed by atoms with van der Waals surface area (Å²) in [7, 11) is 0. The Hall–Kier alpha value is -3.05. The minimum absolute atomic E-state index is 0.0190. The monoisotopic (exact) mass is 477 g/mol. The van der Waals surface area contributed by atoms with Crippen LogP contribution >= 0.6 is 11.6 Å². The van der Waals surface area contributed by atoms with Crippen LogP contribution in [0.2, 0.25) is 5.02 Å². The highest BCUT2D eigenvalue weighted by molar-refractivity contribution is 6.30. The van der Waals surface area contributed by atoms with Crippen molar-refractivity contribution in [3.8, 4) is 0 Å². The van der Waals surface area contributed by atoms with Gasteiger partial charge in [0.1, 0.15) is 18.6 Å². The first-order valence-electron chi connectivity index (χ1n) is 10.2. The first-order valence-corrected chi connectivity index (χ1v) is 10.6. The summed E-state index contributed by atoms with van der Waals surface area (Å²) in [5.74, 6) is -1.76. The number of nitrogens with zero attached hydrogens (tertiary/aromatic N) is 3. The van der Waals surface area contributed by atoms with E-state index in [1.54, 1.807) is 37.3 Å². The second kappa shape index (κ2) is 10.7. The molecule has 11 heteroatoms. The number of primary amides is 1. The van der Waals surface area contributed by atoms with E-state index in [1.807, 2.05) is 0 Å². The van der Waals surface area contributed by atoms with Crippen molar-refractivity contribution in [1.82, 2.24) is 20.0 Å². The van der Waals surface area contributed by atoms with Crippen LogP contribution in [0.4, 0.5) is 4.39 Å². The number of benzene rings is 2. The van der Waals surface area contributed by atoms with Crippen molar-refractivity contribution in [2.75, 3.05) is 13.2 Å². The van der Waals surface area contributed by atoms with E-state index < -0.39 is 29.9 Å². The molecule has 2 aromatic carbocycles. The van der Waals surface area contributed by atoms with Crippen molar-refractivity contribution in [3.05, 3.63) is 64.6 Å². The predicted molar refractivity (Wildman–Crippen MR) is 121 cm³/mol. The molecule has 1 aromatic heterocycles. The molecule has 9 nitrogen and oxygen atoms in total. The molecule has 0 radical (unpaired) electrons. The molecule has 33 heavy (non-hydrogen) atoms. The summed E-state index contributed by atoms with van der Waals surface area (Å²) in [6.07, 6.45) is -1.21. The molecule has 0 spiro atoms. The number of hydrogen-bond donors (Lipinski definition) is 4. The predicted octanol–water partition coefficient (Wildman–Crippen LogP) is 1.25. The number of carbonyl (C=O) groups is 2. The molecule has 0 aliphatic rings. The van der Waals surface area contributed by atoms with E-state index in [-0.39, 0.29) is 42.5 Å². The van der Waals surface area contributed by atoms with Gasteiger partial charge in [-0.3, -0.25) is 19.6 Å². The summed E-state index contributed by atoms with van der Waals surface area (Å²) >= 11 is 5.77. The van der Waals surface area contributed by atoms with Crippen LogP contribution in [-0.2, 0) is 17.9 Å². The maximum Gasteiger partial charge on any atom is 0.269 e. The van der Waals surface area contributed by atoms with Crippen LogP contribution in [0.15, 0.2) is 42.5 Å². The Bertz CT molecular complexity index is 1160. The van der Waals surface area contributed by atoms with Gasteiger partial charge in [0.15, 0.2) is 5.69 Å². The van der Waals surface area contributed by atoms with Gasteiger partial charge in [0.05, 0.1) is 29.7 Å². The molecule has 3 aromatic rings. The number of aromatic nitrogens is 2. The van der Waals surface area contributed by atoms with Crippen LogP contribution < -0.4 is 11.1 Å². The first kappa shape index (κ1) is 24.6. The summed E-state index contributed by atoms with van der Waals surface area (Å²) in [6, 6.07) is 10.8. The number of aliphatic hydroxyl groups is 2. The number of halogens is 2. The quantitative estimate of drug-likeness (QED) is 0.325. The number of carbonyl (C=O) groups excluding carboxylic acids is 2. The second-order valence-corrected chi connectivity index (χ2v) is 7.98. The van der Waals surface area contributed by atoms with Crippen LogP contribution in [0.5, 0.6) is 0 Å². The van der Waals surface area contributed by atoms with Gasteiger partial charge in [0.25, 0.3) is 5.91 Å². The molecule has 1 heterocycles. The normalized spacial score (nSPS) is 13.1. The molecular weight excluding hydrogens is 453 g/mol. The Kier molecular flexibility index (Phi) is 7.98. The van der Waals surface area contributed by atoms with Gasteiger partial charge >= 0.3 is 0 Å². The van der Waals surface area contributed by atoms with Gasteiger partial charge in [0.2, 0.25) is 5.91 Å². The third-order valence-electron chi connectivity index (χ3n) is 5.22. The Balaban J connectivity index is 1.73. The summed E-state index contributed by atoms with van der Waals surface area (Å²) in [5, 5.41) is 27.4. The fourth-order valence-corrected chi connectivity index (χ4v) is 3.63. The van der Waals surface area contributed by atoms with Crippen LogP contribution in [0.1, 0.15) is 23.0 Å². The van der Waals surface area contributed by atoms with Crippen molar-refractivity contribution < 1.29 is 24.2 Å². The van der Waals surface area contributed by atoms with Crippen LogP contribution in [-0.4, -0.2) is 62.1 Å². The number of hydrogen-bond acceptors (Lipinski definition) is 6. The van der Waals surface area contributed by atoms with Gasteiger partial charge in [-0.05, 0) is 19.1 Å². The van der Waals surface area contributed by atoms with E-state index in [0.717, 1.165) is 0 Å². The Morgan fingerprint density at radius 1 is 1.27 bits per heavy atom. The summed E-state index contributed by atoms with van der Waals surface area (Å²) in [5.41, 5.74) is 6.26. The van der Waals surface area contributed by atoms with Crippen molar-refractivity contribution in [3.63, 3.8) is 0 Å². The largest absolute Gasteiger partial charge is 0.394 e. The molecule has 5 N–H and O–H groups in total. The number of nitrogens with one attached hydrogen (secondary N) is 1. The lowest BCUT2D eigenvalue weighted by Crippen LogP contribution is -2.49. The Labute approximate surface area is 194 Å². The van der Waals surface area contributed by atoms with Crippen molar-refractivity contribution in [2.45, 2.75) is 32.3 Å². The van der Waals surface area contributed by atoms with Gasteiger partial charge in [-0.15, -0.1) is 0 Å². The molecule has 2 amide bonds. The van der Waals surface area contributed by atoms with E-state index in [2.05, 4.69) is 10.4 Å². The second-order valence-electron chi connectivity index (χ2n) is 7.57. The van der Waals surface area contributed by atoms with E-state index in [4.69, 9.17) is 17.3 Å². The molecule has 0 saturated heterocycles. The molecule has 176 valence electrons. The zero-order chi connectivity index (χ0) is 24.1. The Morgan fingerprint density at radius 3 is 2.70 bits per heavy atom. The van der Waals surface area contributed by atoms with Crippen molar-refractivity contribution in [1.29, 1.82) is 0 Å². The highest BCUT2D eigenvalue weighted by Crippen LogP contribution is 2.19. The fraction of sp³-hybridized carbons (Fsp3) is 0.318. The van der Waals surface area contributed by atoms with E-state index in [0.29, 0.717) is 10.9 Å². The van der Waals surface area contributed by atoms with E-state index in [9.17, 15) is 24.2 Å². The molecule has 0 bridgehead atoms. The van der Waals surface area contributed by atoms with Gasteiger partial charge in [-0.25, -0.2) is 4.39 Å². The maximum absolute atomic E-state index is 14.1. The molecule has 3 rings (SSSR count). The highest BCUT2D eigenvalue weighted by atomic mass is 35.5. The van der Waals surface area contributed by atoms with Crippen molar-refractivity contribution >= 4 is 34.3 Å². The zero-order valence-electron chi connectivity index (χ0n) is 17.9. The number of nitrogens with two attached hydrogens (primary N) is 1. The van der Waals surface area contributed by atoms with Crippen molar-refractivity contribution in [2.24, 2.45) is 5.73 Å². The topological polar surface area (TPSA) is 134 Å². The summed E-state index contributed by atoms with van der Waals surface area (Å²) in [4.78, 5) is 26.1. The molecule has 2 unspecified atom stereocenters. The highest BCUT2D eigenvalue weighted by Gasteiger charge is 2.25. The number of para-hydroxylation sites is 1. The van der Waals surface area contributed by atoms with Crippen LogP contribution in [0.3, 0.4) is 0 Å². The third kappa shape index (κ3) is 5.66. The van der Waals surface area contributed by atoms with Crippen LogP contribution in [0, 0.1) is 5.82 Å². The number of amides is 2. The molecular formula is C22H25ClFN5O4. The molecule has 0 fully saturated rings. The average Bonchev–Trinajstić information content (AvgIpc) is 3.16. The lowest BCUT2D eigenvalue weighted by molar-refractivity contribution is -0.137. The lowest BCUT2D eigenvalue weighted by atomic mass is 10.2. The minimum Gasteiger partial charge on any atom is -0.394 e. The SMILES string of the molecule is CC(CO)N(CC(O)NCc1cccc(Cl)c1F)C(=O)Cn1nc(C(N)=O)c2ccccc21. The smallest absolute Gasteiger partial charge is 0.269 e. The van der Waals surface area contributed by atoms with Gasteiger partial charge < -0.3 is 20.8 Å². The third-order valence-corrected chi connectivity index (χ3v) is 5.51. The number of aliphatic hydroxyl groups excluding tert-OH is 2. The first-order chi connectivity index (χ1) is 15.7. The zero-order valence-corrected chi connectivity index (χ0v) is 18.7. The summed E-state index contributed by atoms with van der Waals surface area (Å²) < 4.78 is 15.4. The van der Waals surface area contributed by atoms with Gasteiger partial charge in [0, 0.05) is 17.5 Å². The fourth-order valence-electron chi connectivity index (χ4n) is 3.44. The van der Waals surface area contributed by atoms with Gasteiger partial charge in [-0.2, -0.15) is 5.10 Å². The molecule has 2 atom stereocenters. The lowest BCUT2D eigenvalue weighted by Gasteiger charge is -2.30. The molecule has 0 aliphatic heterocycles. The van der Waals surface area contributed by atoms with Gasteiger partial charge in [-0.1, -0.05) is 41.9 Å². The Morgan fingerprint density at radius 2 is 2.00 bits per heavy atom. The minimum atomic E-state index is -1.21. The van der Waals surface area contributed by atoms with E-state index in [1.165, 1.54) is 21.7 Å².